The van der Waals surface area contributed by atoms with E-state index in [1.807, 2.05) is 6.07 Å². The maximum absolute atomic E-state index is 12.6. The first-order chi connectivity index (χ1) is 13.1. The number of furan rings is 1. The molecule has 0 unspecified atom stereocenters. The van der Waals surface area contributed by atoms with Crippen molar-refractivity contribution >= 4 is 32.9 Å². The predicted octanol–water partition coefficient (Wildman–Crippen LogP) is 4.95. The van der Waals surface area contributed by atoms with Crippen LogP contribution in [0.5, 0.6) is 11.5 Å². The van der Waals surface area contributed by atoms with Crippen LogP contribution in [0.4, 0.5) is 0 Å². The van der Waals surface area contributed by atoms with Gasteiger partial charge in [0.25, 0.3) is 0 Å². The second-order valence-corrected chi connectivity index (χ2v) is 6.34. The lowest BCUT2D eigenvalue weighted by atomic mass is 10.1. The standard InChI is InChI=1S/C20H16BrNO5/c1-3-25-20(23)18-14-10-17(26-9-8-22)15(21)11-16(14)27-19(18)12-4-6-13(24-2)7-5-12/h4-7,10-11H,3,9H2,1-2H3. The third-order valence-electron chi connectivity index (χ3n) is 3.87. The fourth-order valence-corrected chi connectivity index (χ4v) is 3.11. The molecule has 2 aromatic carbocycles. The Morgan fingerprint density at radius 2 is 2.00 bits per heavy atom. The van der Waals surface area contributed by atoms with Gasteiger partial charge in [-0.05, 0) is 59.3 Å². The molecule has 1 aromatic heterocycles. The maximum Gasteiger partial charge on any atom is 0.342 e. The second-order valence-electron chi connectivity index (χ2n) is 5.48. The fourth-order valence-electron chi connectivity index (χ4n) is 2.67. The zero-order chi connectivity index (χ0) is 19.4. The van der Waals surface area contributed by atoms with E-state index in [9.17, 15) is 4.79 Å². The zero-order valence-electron chi connectivity index (χ0n) is 14.7. The Labute approximate surface area is 164 Å². The number of methoxy groups -OCH3 is 1. The fraction of sp³-hybridized carbons (Fsp3) is 0.200. The van der Waals surface area contributed by atoms with Gasteiger partial charge in [-0.3, -0.25) is 0 Å². The van der Waals surface area contributed by atoms with Crippen LogP contribution in [-0.2, 0) is 4.74 Å². The molecule has 3 rings (SSSR count). The molecule has 0 saturated carbocycles. The van der Waals surface area contributed by atoms with Gasteiger partial charge in [0.2, 0.25) is 0 Å². The van der Waals surface area contributed by atoms with Crippen LogP contribution in [0.15, 0.2) is 45.3 Å². The van der Waals surface area contributed by atoms with Gasteiger partial charge in [0, 0.05) is 10.9 Å². The van der Waals surface area contributed by atoms with Crippen molar-refractivity contribution in [3.63, 3.8) is 0 Å². The molecule has 0 aliphatic rings. The number of esters is 1. The van der Waals surface area contributed by atoms with Crippen LogP contribution >= 0.6 is 15.9 Å². The highest BCUT2D eigenvalue weighted by molar-refractivity contribution is 9.10. The summed E-state index contributed by atoms with van der Waals surface area (Å²) in [4.78, 5) is 12.6. The van der Waals surface area contributed by atoms with E-state index in [1.54, 1.807) is 50.4 Å². The molecule has 3 aromatic rings. The highest BCUT2D eigenvalue weighted by Gasteiger charge is 2.24. The molecule has 0 aliphatic carbocycles. The van der Waals surface area contributed by atoms with E-state index in [0.29, 0.717) is 43.8 Å². The van der Waals surface area contributed by atoms with Crippen molar-refractivity contribution in [1.29, 1.82) is 5.26 Å². The molecule has 0 saturated heterocycles. The Bertz CT molecular complexity index is 1020. The van der Waals surface area contributed by atoms with Crippen molar-refractivity contribution in [2.45, 2.75) is 6.92 Å². The van der Waals surface area contributed by atoms with Gasteiger partial charge in [-0.15, -0.1) is 0 Å². The number of hydrogen-bond donors (Lipinski definition) is 0. The van der Waals surface area contributed by atoms with Crippen LogP contribution in [0.3, 0.4) is 0 Å². The molecule has 0 amide bonds. The van der Waals surface area contributed by atoms with Crippen molar-refractivity contribution < 1.29 is 23.4 Å². The number of halogens is 1. The molecule has 0 aliphatic heterocycles. The summed E-state index contributed by atoms with van der Waals surface area (Å²) >= 11 is 3.40. The number of ether oxygens (including phenoxy) is 3. The Kier molecular flexibility index (Phi) is 5.67. The van der Waals surface area contributed by atoms with Crippen molar-refractivity contribution in [3.05, 3.63) is 46.4 Å². The SMILES string of the molecule is CCOC(=O)c1c(-c2ccc(OC)cc2)oc2cc(Br)c(OCC#N)cc12. The average molecular weight is 430 g/mol. The normalized spacial score (nSPS) is 10.4. The number of hydrogen-bond acceptors (Lipinski definition) is 6. The van der Waals surface area contributed by atoms with Gasteiger partial charge >= 0.3 is 5.97 Å². The Balaban J connectivity index is 2.20. The molecule has 1 heterocycles. The summed E-state index contributed by atoms with van der Waals surface area (Å²) in [5.74, 6) is 1.05. The van der Waals surface area contributed by atoms with E-state index >= 15 is 0 Å². The molecule has 0 fully saturated rings. The van der Waals surface area contributed by atoms with Gasteiger partial charge in [-0.2, -0.15) is 5.26 Å². The van der Waals surface area contributed by atoms with Crippen LogP contribution in [0.2, 0.25) is 0 Å². The first kappa shape index (κ1) is 18.8. The van der Waals surface area contributed by atoms with Crippen LogP contribution in [-0.4, -0.2) is 26.3 Å². The third kappa shape index (κ3) is 3.76. The van der Waals surface area contributed by atoms with Crippen molar-refractivity contribution in [2.75, 3.05) is 20.3 Å². The van der Waals surface area contributed by atoms with Gasteiger partial charge < -0.3 is 18.6 Å². The highest BCUT2D eigenvalue weighted by Crippen LogP contribution is 2.39. The summed E-state index contributed by atoms with van der Waals surface area (Å²) in [5, 5.41) is 9.30. The Morgan fingerprint density at radius 1 is 1.26 bits per heavy atom. The van der Waals surface area contributed by atoms with Crippen LogP contribution in [0.25, 0.3) is 22.3 Å². The lowest BCUT2D eigenvalue weighted by Crippen LogP contribution is -2.05. The predicted molar refractivity (Wildman–Crippen MR) is 103 cm³/mol. The quantitative estimate of drug-likeness (QED) is 0.515. The van der Waals surface area contributed by atoms with Crippen molar-refractivity contribution in [1.82, 2.24) is 0 Å². The van der Waals surface area contributed by atoms with E-state index in [1.165, 1.54) is 0 Å². The number of rotatable bonds is 6. The van der Waals surface area contributed by atoms with Crippen molar-refractivity contribution in [2.24, 2.45) is 0 Å². The maximum atomic E-state index is 12.6. The summed E-state index contributed by atoms with van der Waals surface area (Å²) in [6, 6.07) is 12.5. The lowest BCUT2D eigenvalue weighted by molar-refractivity contribution is 0.0529. The molecule has 7 heteroatoms. The van der Waals surface area contributed by atoms with Gasteiger partial charge in [0.15, 0.2) is 6.61 Å². The highest BCUT2D eigenvalue weighted by atomic mass is 79.9. The van der Waals surface area contributed by atoms with Crippen LogP contribution in [0.1, 0.15) is 17.3 Å². The van der Waals surface area contributed by atoms with Crippen LogP contribution < -0.4 is 9.47 Å². The van der Waals surface area contributed by atoms with E-state index in [-0.39, 0.29) is 13.2 Å². The number of benzene rings is 2. The first-order valence-corrected chi connectivity index (χ1v) is 8.95. The largest absolute Gasteiger partial charge is 0.497 e. The van der Waals surface area contributed by atoms with Gasteiger partial charge in [0.1, 0.15) is 34.5 Å². The van der Waals surface area contributed by atoms with Crippen LogP contribution in [0, 0.1) is 11.3 Å². The summed E-state index contributed by atoms with van der Waals surface area (Å²) in [7, 11) is 1.58. The number of carbonyl (C=O) groups is 1. The molecule has 0 radical (unpaired) electrons. The number of nitrogens with zero attached hydrogens (tertiary/aromatic N) is 1. The van der Waals surface area contributed by atoms with E-state index < -0.39 is 5.97 Å². The monoisotopic (exact) mass is 429 g/mol. The summed E-state index contributed by atoms with van der Waals surface area (Å²) in [6.07, 6.45) is 0. The molecule has 138 valence electrons. The molecule has 0 bridgehead atoms. The first-order valence-electron chi connectivity index (χ1n) is 8.16. The molecule has 0 spiro atoms. The molecule has 0 atom stereocenters. The zero-order valence-corrected chi connectivity index (χ0v) is 16.3. The van der Waals surface area contributed by atoms with E-state index in [4.69, 9.17) is 23.9 Å². The van der Waals surface area contributed by atoms with Gasteiger partial charge in [-0.1, -0.05) is 0 Å². The Morgan fingerprint density at radius 3 is 2.63 bits per heavy atom. The molecule has 27 heavy (non-hydrogen) atoms. The van der Waals surface area contributed by atoms with Crippen molar-refractivity contribution in [3.8, 4) is 28.9 Å². The lowest BCUT2D eigenvalue weighted by Gasteiger charge is -2.06. The van der Waals surface area contributed by atoms with Gasteiger partial charge in [0.05, 0.1) is 18.2 Å². The van der Waals surface area contributed by atoms with E-state index in [2.05, 4.69) is 15.9 Å². The number of carbonyl (C=O) groups excluding carboxylic acids is 1. The third-order valence-corrected chi connectivity index (χ3v) is 4.49. The summed E-state index contributed by atoms with van der Waals surface area (Å²) < 4.78 is 22.4. The molecular formula is C20H16BrNO5. The molecule has 6 nitrogen and oxygen atoms in total. The summed E-state index contributed by atoms with van der Waals surface area (Å²) in [5.41, 5.74) is 1.53. The van der Waals surface area contributed by atoms with Gasteiger partial charge in [-0.25, -0.2) is 4.79 Å². The molecular weight excluding hydrogens is 414 g/mol. The second kappa shape index (κ2) is 8.14. The molecule has 0 N–H and O–H groups in total. The number of fused-ring (bicyclic) bond motifs is 1. The topological polar surface area (TPSA) is 81.7 Å². The smallest absolute Gasteiger partial charge is 0.342 e. The minimum Gasteiger partial charge on any atom is -0.497 e. The summed E-state index contributed by atoms with van der Waals surface area (Å²) in [6.45, 7) is 1.87. The minimum atomic E-state index is -0.490. The Hall–Kier alpha value is -2.98. The average Bonchev–Trinajstić information content (AvgIpc) is 3.04. The number of nitriles is 1. The minimum absolute atomic E-state index is 0.109. The van der Waals surface area contributed by atoms with E-state index in [0.717, 1.165) is 0 Å².